The number of aromatic hydroxyl groups is 1. The molecule has 0 amide bonds. The Labute approximate surface area is 197 Å². The highest BCUT2D eigenvalue weighted by Gasteiger charge is 2.24. The van der Waals surface area contributed by atoms with Crippen molar-refractivity contribution in [1.29, 1.82) is 0 Å². The zero-order chi connectivity index (χ0) is 24.0. The number of rotatable bonds is 4. The van der Waals surface area contributed by atoms with Gasteiger partial charge in [-0.2, -0.15) is 4.98 Å². The Morgan fingerprint density at radius 1 is 1.24 bits per heavy atom. The molecular weight excluding hydrogens is 433 g/mol. The number of pyridine rings is 1. The topological polar surface area (TPSA) is 94.4 Å². The van der Waals surface area contributed by atoms with Crippen molar-refractivity contribution < 1.29 is 14.6 Å². The van der Waals surface area contributed by atoms with Crippen molar-refractivity contribution in [1.82, 2.24) is 15.0 Å². The van der Waals surface area contributed by atoms with E-state index in [1.54, 1.807) is 31.4 Å². The molecule has 1 saturated heterocycles. The molecular formula is C26H28FN5O2. The van der Waals surface area contributed by atoms with Crippen LogP contribution in [0.5, 0.6) is 5.75 Å². The molecule has 0 saturated carbocycles. The van der Waals surface area contributed by atoms with Crippen LogP contribution in [0.25, 0.3) is 32.9 Å². The zero-order valence-electron chi connectivity index (χ0n) is 19.6. The first-order chi connectivity index (χ1) is 16.4. The quantitative estimate of drug-likeness (QED) is 0.410. The third-order valence-corrected chi connectivity index (χ3v) is 6.64. The van der Waals surface area contributed by atoms with Gasteiger partial charge in [-0.15, -0.1) is 0 Å². The van der Waals surface area contributed by atoms with Crippen LogP contribution in [0, 0.1) is 12.7 Å². The first-order valence-corrected chi connectivity index (χ1v) is 11.6. The monoisotopic (exact) mass is 461 g/mol. The lowest BCUT2D eigenvalue weighted by Gasteiger charge is -2.32. The number of aliphatic hydroxyl groups is 1. The second kappa shape index (κ2) is 8.68. The molecule has 1 aliphatic heterocycles. The first kappa shape index (κ1) is 22.3. The molecule has 5 rings (SSSR count). The third kappa shape index (κ3) is 3.68. The molecule has 1 unspecified atom stereocenters. The van der Waals surface area contributed by atoms with Gasteiger partial charge in [-0.3, -0.25) is 4.98 Å². The molecule has 34 heavy (non-hydrogen) atoms. The smallest absolute Gasteiger partial charge is 0.224 e. The van der Waals surface area contributed by atoms with Crippen LogP contribution < -0.4 is 10.2 Å². The van der Waals surface area contributed by atoms with Gasteiger partial charge in [0.15, 0.2) is 0 Å². The summed E-state index contributed by atoms with van der Waals surface area (Å²) in [6, 6.07) is 6.42. The summed E-state index contributed by atoms with van der Waals surface area (Å²) in [4.78, 5) is 16.3. The van der Waals surface area contributed by atoms with Crippen LogP contribution in [0.15, 0.2) is 30.5 Å². The lowest BCUT2D eigenvalue weighted by Crippen LogP contribution is -2.39. The minimum atomic E-state index is -0.397. The number of piperidine rings is 1. The molecule has 0 radical (unpaired) electrons. The summed E-state index contributed by atoms with van der Waals surface area (Å²) in [7, 11) is 1.77. The highest BCUT2D eigenvalue weighted by Crippen LogP contribution is 2.39. The van der Waals surface area contributed by atoms with Gasteiger partial charge in [0.1, 0.15) is 17.4 Å². The summed E-state index contributed by atoms with van der Waals surface area (Å²) in [5.41, 5.74) is 3.44. The summed E-state index contributed by atoms with van der Waals surface area (Å²) in [6.07, 6.45) is 3.52. The van der Waals surface area contributed by atoms with Crippen molar-refractivity contribution in [2.75, 3.05) is 30.4 Å². The molecule has 0 bridgehead atoms. The van der Waals surface area contributed by atoms with E-state index in [0.717, 1.165) is 52.4 Å². The highest BCUT2D eigenvalue weighted by molar-refractivity contribution is 6.03. The summed E-state index contributed by atoms with van der Waals surface area (Å²) in [6.45, 7) is 5.16. The van der Waals surface area contributed by atoms with E-state index in [1.165, 1.54) is 6.07 Å². The van der Waals surface area contributed by atoms with E-state index in [9.17, 15) is 14.6 Å². The van der Waals surface area contributed by atoms with Gasteiger partial charge in [-0.1, -0.05) is 13.0 Å². The van der Waals surface area contributed by atoms with Gasteiger partial charge in [0.25, 0.3) is 0 Å². The lowest BCUT2D eigenvalue weighted by atomic mass is 9.93. The van der Waals surface area contributed by atoms with Gasteiger partial charge in [0.05, 0.1) is 22.7 Å². The molecule has 2 aromatic heterocycles. The number of hydrogen-bond acceptors (Lipinski definition) is 7. The first-order valence-electron chi connectivity index (χ1n) is 11.6. The largest absolute Gasteiger partial charge is 0.508 e. The number of nitrogens with zero attached hydrogens (tertiary/aromatic N) is 4. The predicted octanol–water partition coefficient (Wildman–Crippen LogP) is 4.56. The summed E-state index contributed by atoms with van der Waals surface area (Å²) in [5, 5.41) is 26.0. The van der Waals surface area contributed by atoms with Crippen molar-refractivity contribution in [3.8, 4) is 17.0 Å². The number of hydrogen-bond donors (Lipinski definition) is 3. The summed E-state index contributed by atoms with van der Waals surface area (Å²) < 4.78 is 14.7. The molecule has 7 nitrogen and oxygen atoms in total. The summed E-state index contributed by atoms with van der Waals surface area (Å²) in [5.74, 6) is 1.03. The Morgan fingerprint density at radius 2 is 2.06 bits per heavy atom. The van der Waals surface area contributed by atoms with Gasteiger partial charge in [0.2, 0.25) is 5.95 Å². The number of aromatic nitrogens is 3. The molecule has 1 fully saturated rings. The second-order valence-electron chi connectivity index (χ2n) is 8.83. The van der Waals surface area contributed by atoms with E-state index in [0.29, 0.717) is 35.7 Å². The fourth-order valence-electron chi connectivity index (χ4n) is 5.00. The fourth-order valence-corrected chi connectivity index (χ4v) is 5.00. The molecule has 0 aliphatic carbocycles. The SMILES string of the molecule is CCc1c(F)ccc2cc(O)cc(-c3ncc4c(N5CCCC(O)C5)nc(NC)nc4c3C)c12. The van der Waals surface area contributed by atoms with E-state index >= 15 is 0 Å². The Kier molecular flexibility index (Phi) is 5.69. The van der Waals surface area contributed by atoms with Crippen LogP contribution in [0.2, 0.25) is 0 Å². The van der Waals surface area contributed by atoms with Crippen molar-refractivity contribution in [2.45, 2.75) is 39.2 Å². The van der Waals surface area contributed by atoms with E-state index in [1.807, 2.05) is 13.8 Å². The molecule has 176 valence electrons. The number of aliphatic hydroxyl groups excluding tert-OH is 1. The van der Waals surface area contributed by atoms with Crippen molar-refractivity contribution >= 4 is 33.4 Å². The van der Waals surface area contributed by atoms with E-state index in [4.69, 9.17) is 9.97 Å². The van der Waals surface area contributed by atoms with Crippen molar-refractivity contribution in [3.05, 3.63) is 47.4 Å². The number of β-amino-alcohol motifs (C(OH)–C–C–N with tert-alkyl or cyclic N) is 1. The van der Waals surface area contributed by atoms with E-state index in [2.05, 4.69) is 15.2 Å². The van der Waals surface area contributed by atoms with Crippen LogP contribution in [-0.4, -0.2) is 51.4 Å². The minimum Gasteiger partial charge on any atom is -0.508 e. The van der Waals surface area contributed by atoms with Gasteiger partial charge in [-0.05, 0) is 60.7 Å². The van der Waals surface area contributed by atoms with Crippen molar-refractivity contribution in [2.24, 2.45) is 0 Å². The number of benzene rings is 2. The number of nitrogens with one attached hydrogen (secondary N) is 1. The molecule has 0 spiro atoms. The van der Waals surface area contributed by atoms with Crippen molar-refractivity contribution in [3.63, 3.8) is 0 Å². The third-order valence-electron chi connectivity index (χ3n) is 6.64. The molecule has 3 N–H and O–H groups in total. The number of phenols is 1. The van der Waals surface area contributed by atoms with Crippen LogP contribution >= 0.6 is 0 Å². The number of halogens is 1. The number of anilines is 2. The lowest BCUT2D eigenvalue weighted by molar-refractivity contribution is 0.154. The Morgan fingerprint density at radius 3 is 2.79 bits per heavy atom. The Balaban J connectivity index is 1.78. The highest BCUT2D eigenvalue weighted by atomic mass is 19.1. The van der Waals surface area contributed by atoms with Crippen LogP contribution in [0.3, 0.4) is 0 Å². The average molecular weight is 462 g/mol. The molecule has 1 aliphatic rings. The van der Waals surface area contributed by atoms with Gasteiger partial charge in [0, 0.05) is 37.5 Å². The number of fused-ring (bicyclic) bond motifs is 2. The minimum absolute atomic E-state index is 0.0963. The predicted molar refractivity (Wildman–Crippen MR) is 133 cm³/mol. The fraction of sp³-hybridized carbons (Fsp3) is 0.346. The summed E-state index contributed by atoms with van der Waals surface area (Å²) >= 11 is 0. The van der Waals surface area contributed by atoms with E-state index < -0.39 is 6.10 Å². The number of aryl methyl sites for hydroxylation is 2. The maximum absolute atomic E-state index is 14.7. The van der Waals surface area contributed by atoms with Crippen LogP contribution in [-0.2, 0) is 6.42 Å². The Hall–Kier alpha value is -3.52. The molecule has 3 heterocycles. The number of phenolic OH excluding ortho intramolecular Hbond substituents is 1. The maximum atomic E-state index is 14.7. The van der Waals surface area contributed by atoms with E-state index in [-0.39, 0.29) is 11.6 Å². The molecule has 2 aromatic carbocycles. The normalized spacial score (nSPS) is 16.4. The van der Waals surface area contributed by atoms with Gasteiger partial charge >= 0.3 is 0 Å². The average Bonchev–Trinajstić information content (AvgIpc) is 2.83. The molecule has 8 heteroatoms. The Bertz CT molecular complexity index is 1410. The maximum Gasteiger partial charge on any atom is 0.224 e. The van der Waals surface area contributed by atoms with Crippen LogP contribution in [0.4, 0.5) is 16.2 Å². The zero-order valence-corrected chi connectivity index (χ0v) is 19.6. The van der Waals surface area contributed by atoms with Gasteiger partial charge < -0.3 is 20.4 Å². The van der Waals surface area contributed by atoms with Crippen LogP contribution in [0.1, 0.15) is 30.9 Å². The standard InChI is InChI=1S/C26H28FN5O2/c1-4-18-21(27)8-7-15-10-17(34)11-19(22(15)18)23-14(2)24-20(12-29-23)25(31-26(28-3)30-24)32-9-5-6-16(33)13-32/h7-8,10-12,16,33-34H,4-6,9,13H2,1-3H3,(H,28,30,31). The molecule has 1 atom stereocenters. The molecule has 4 aromatic rings. The van der Waals surface area contributed by atoms with Gasteiger partial charge in [-0.25, -0.2) is 9.37 Å². The second-order valence-corrected chi connectivity index (χ2v) is 8.83.